The summed E-state index contributed by atoms with van der Waals surface area (Å²) >= 11 is 0. The van der Waals surface area contributed by atoms with Gasteiger partial charge < -0.3 is 15.1 Å². The Morgan fingerprint density at radius 3 is 2.64 bits per heavy atom. The zero-order chi connectivity index (χ0) is 23.2. The SMILES string of the molecule is N#Cc1ccccc1N1CCN2c3ccc(C(F)(F)F)cc3C[C@@H](C(=O)NCC3CC3)[C@H]2C1. The molecule has 33 heavy (non-hydrogen) atoms. The quantitative estimate of drug-likeness (QED) is 0.760. The average Bonchev–Trinajstić information content (AvgIpc) is 3.65. The summed E-state index contributed by atoms with van der Waals surface area (Å²) in [5, 5.41) is 12.6. The van der Waals surface area contributed by atoms with Gasteiger partial charge in [0.25, 0.3) is 0 Å². The van der Waals surface area contributed by atoms with E-state index in [0.29, 0.717) is 43.2 Å². The fourth-order valence-electron chi connectivity index (χ4n) is 5.06. The van der Waals surface area contributed by atoms with E-state index in [-0.39, 0.29) is 18.4 Å². The Labute approximate surface area is 190 Å². The number of carbonyl (C=O) groups excluding carboxylic acids is 1. The van der Waals surface area contributed by atoms with Gasteiger partial charge in [0.15, 0.2) is 0 Å². The van der Waals surface area contributed by atoms with Crippen LogP contribution >= 0.6 is 0 Å². The molecule has 0 unspecified atom stereocenters. The van der Waals surface area contributed by atoms with Gasteiger partial charge in [-0.3, -0.25) is 4.79 Å². The van der Waals surface area contributed by atoms with E-state index in [1.807, 2.05) is 18.2 Å². The zero-order valence-corrected chi connectivity index (χ0v) is 18.1. The monoisotopic (exact) mass is 454 g/mol. The van der Waals surface area contributed by atoms with Crippen molar-refractivity contribution in [1.29, 1.82) is 5.26 Å². The smallest absolute Gasteiger partial charge is 0.367 e. The number of nitrogens with one attached hydrogen (secondary N) is 1. The Kier molecular flexibility index (Phi) is 5.43. The first kappa shape index (κ1) is 21.6. The lowest BCUT2D eigenvalue weighted by atomic mass is 9.82. The predicted molar refractivity (Wildman–Crippen MR) is 119 cm³/mol. The first-order chi connectivity index (χ1) is 15.8. The lowest BCUT2D eigenvalue weighted by molar-refractivity contribution is -0.137. The Balaban J connectivity index is 1.47. The maximum absolute atomic E-state index is 13.3. The second-order valence-electron chi connectivity index (χ2n) is 9.18. The highest BCUT2D eigenvalue weighted by atomic mass is 19.4. The van der Waals surface area contributed by atoms with E-state index < -0.39 is 17.7 Å². The molecule has 0 aromatic heterocycles. The molecule has 3 aliphatic rings. The van der Waals surface area contributed by atoms with Crippen molar-refractivity contribution in [2.75, 3.05) is 36.0 Å². The number of fused-ring (bicyclic) bond motifs is 3. The van der Waals surface area contributed by atoms with E-state index in [1.54, 1.807) is 12.1 Å². The van der Waals surface area contributed by atoms with Crippen LogP contribution in [0.1, 0.15) is 29.5 Å². The van der Waals surface area contributed by atoms with Gasteiger partial charge in [-0.25, -0.2) is 0 Å². The molecule has 2 atom stereocenters. The number of nitrogens with zero attached hydrogens (tertiary/aromatic N) is 3. The maximum atomic E-state index is 13.3. The molecule has 1 amide bonds. The number of carbonyl (C=O) groups is 1. The number of piperazine rings is 1. The van der Waals surface area contributed by atoms with Crippen LogP contribution in [0.25, 0.3) is 0 Å². The van der Waals surface area contributed by atoms with Crippen LogP contribution in [0.5, 0.6) is 0 Å². The fraction of sp³-hybridized carbons (Fsp3) is 0.440. The standard InChI is InChI=1S/C25H25F3N4O/c26-25(27,28)19-7-8-22-18(11-19)12-20(24(33)30-14-16-5-6-16)23-15-31(9-10-32(22)23)21-4-2-1-3-17(21)13-29/h1-4,7-8,11,16,20,23H,5-6,9-10,12,14-15H2,(H,30,33)/t20-,23-/m1/s1. The minimum absolute atomic E-state index is 0.101. The molecule has 0 bridgehead atoms. The van der Waals surface area contributed by atoms with Crippen LogP contribution in [0, 0.1) is 23.2 Å². The van der Waals surface area contributed by atoms with Crippen LogP contribution in [0.4, 0.5) is 24.5 Å². The third kappa shape index (κ3) is 4.24. The van der Waals surface area contributed by atoms with Crippen LogP contribution in [0.3, 0.4) is 0 Å². The highest BCUT2D eigenvalue weighted by Gasteiger charge is 2.43. The molecule has 1 saturated heterocycles. The van der Waals surface area contributed by atoms with Gasteiger partial charge in [0.2, 0.25) is 5.91 Å². The van der Waals surface area contributed by atoms with Gasteiger partial charge in [-0.2, -0.15) is 18.4 Å². The summed E-state index contributed by atoms with van der Waals surface area (Å²) in [6, 6.07) is 13.3. The number of amides is 1. The van der Waals surface area contributed by atoms with Crippen molar-refractivity contribution in [2.24, 2.45) is 11.8 Å². The lowest BCUT2D eigenvalue weighted by Crippen LogP contribution is -2.61. The normalized spacial score (nSPS) is 22.2. The van der Waals surface area contributed by atoms with Gasteiger partial charge in [-0.15, -0.1) is 0 Å². The number of hydrogen-bond acceptors (Lipinski definition) is 4. The number of hydrogen-bond donors (Lipinski definition) is 1. The van der Waals surface area contributed by atoms with E-state index in [9.17, 15) is 23.2 Å². The molecule has 1 aliphatic carbocycles. The Hall–Kier alpha value is -3.21. The number of para-hydroxylation sites is 1. The van der Waals surface area contributed by atoms with Crippen molar-refractivity contribution in [3.05, 3.63) is 59.2 Å². The first-order valence-corrected chi connectivity index (χ1v) is 11.3. The molecule has 172 valence electrons. The van der Waals surface area contributed by atoms with Crippen LogP contribution in [0.2, 0.25) is 0 Å². The van der Waals surface area contributed by atoms with E-state index in [0.717, 1.165) is 30.3 Å². The second kappa shape index (κ2) is 8.29. The van der Waals surface area contributed by atoms with Crippen LogP contribution in [0.15, 0.2) is 42.5 Å². The van der Waals surface area contributed by atoms with E-state index in [1.165, 1.54) is 6.07 Å². The highest BCUT2D eigenvalue weighted by molar-refractivity contribution is 5.82. The molecule has 5 rings (SSSR count). The molecule has 8 heteroatoms. The van der Waals surface area contributed by atoms with Gasteiger partial charge >= 0.3 is 6.18 Å². The number of nitriles is 1. The Bertz CT molecular complexity index is 1110. The van der Waals surface area contributed by atoms with Crippen molar-refractivity contribution < 1.29 is 18.0 Å². The molecular weight excluding hydrogens is 429 g/mol. The second-order valence-corrected chi connectivity index (χ2v) is 9.18. The summed E-state index contributed by atoms with van der Waals surface area (Å²) in [7, 11) is 0. The third-order valence-electron chi connectivity index (χ3n) is 7.00. The van der Waals surface area contributed by atoms with Crippen LogP contribution in [-0.4, -0.2) is 38.1 Å². The molecular formula is C25H25F3N4O. The summed E-state index contributed by atoms with van der Waals surface area (Å²) in [6.45, 7) is 2.33. The van der Waals surface area contributed by atoms with Crippen molar-refractivity contribution >= 4 is 17.3 Å². The summed E-state index contributed by atoms with van der Waals surface area (Å²) in [4.78, 5) is 17.4. The number of halogens is 3. The van der Waals surface area contributed by atoms with Crippen molar-refractivity contribution in [2.45, 2.75) is 31.5 Å². The molecule has 2 aromatic rings. The number of alkyl halides is 3. The van der Waals surface area contributed by atoms with Crippen LogP contribution in [-0.2, 0) is 17.4 Å². The van der Waals surface area contributed by atoms with Gasteiger partial charge in [-0.05, 0) is 61.1 Å². The highest BCUT2D eigenvalue weighted by Crippen LogP contribution is 2.40. The topological polar surface area (TPSA) is 59.4 Å². The van der Waals surface area contributed by atoms with E-state index in [2.05, 4.69) is 21.2 Å². The third-order valence-corrected chi connectivity index (χ3v) is 7.00. The molecule has 1 N–H and O–H groups in total. The largest absolute Gasteiger partial charge is 0.416 e. The van der Waals surface area contributed by atoms with Crippen molar-refractivity contribution in [3.8, 4) is 6.07 Å². The van der Waals surface area contributed by atoms with E-state index >= 15 is 0 Å². The van der Waals surface area contributed by atoms with Crippen molar-refractivity contribution in [3.63, 3.8) is 0 Å². The number of anilines is 2. The molecule has 0 spiro atoms. The summed E-state index contributed by atoms with van der Waals surface area (Å²) in [5.74, 6) is -0.0460. The first-order valence-electron chi connectivity index (χ1n) is 11.3. The predicted octanol–water partition coefficient (Wildman–Crippen LogP) is 3.97. The molecule has 0 radical (unpaired) electrons. The minimum Gasteiger partial charge on any atom is -0.367 e. The molecule has 1 saturated carbocycles. The Morgan fingerprint density at radius 2 is 1.91 bits per heavy atom. The minimum atomic E-state index is -4.42. The molecule has 2 heterocycles. The lowest BCUT2D eigenvalue weighted by Gasteiger charge is -2.50. The zero-order valence-electron chi connectivity index (χ0n) is 18.1. The molecule has 5 nitrogen and oxygen atoms in total. The molecule has 2 aliphatic heterocycles. The Morgan fingerprint density at radius 1 is 1.12 bits per heavy atom. The van der Waals surface area contributed by atoms with Gasteiger partial charge in [0.05, 0.1) is 28.8 Å². The van der Waals surface area contributed by atoms with Crippen molar-refractivity contribution in [1.82, 2.24) is 5.32 Å². The maximum Gasteiger partial charge on any atom is 0.416 e. The molecule has 2 aromatic carbocycles. The summed E-state index contributed by atoms with van der Waals surface area (Å²) < 4.78 is 40.0. The van der Waals surface area contributed by atoms with Crippen LogP contribution < -0.4 is 15.1 Å². The fourth-order valence-corrected chi connectivity index (χ4v) is 5.06. The number of benzene rings is 2. The molecule has 2 fully saturated rings. The average molecular weight is 454 g/mol. The number of rotatable bonds is 4. The van der Waals surface area contributed by atoms with Gasteiger partial charge in [0.1, 0.15) is 6.07 Å². The van der Waals surface area contributed by atoms with Gasteiger partial charge in [-0.1, -0.05) is 12.1 Å². The van der Waals surface area contributed by atoms with E-state index in [4.69, 9.17) is 0 Å². The summed E-state index contributed by atoms with van der Waals surface area (Å²) in [6.07, 6.45) is -1.94. The summed E-state index contributed by atoms with van der Waals surface area (Å²) in [5.41, 5.74) is 2.06. The van der Waals surface area contributed by atoms with Gasteiger partial charge in [0, 0.05) is 31.9 Å².